The number of H-pyrrole nitrogens is 1. The molecule has 1 saturated heterocycles. The van der Waals surface area contributed by atoms with E-state index < -0.39 is 0 Å². The summed E-state index contributed by atoms with van der Waals surface area (Å²) >= 11 is 3.15. The number of nitrogens with zero attached hydrogens (tertiary/aromatic N) is 2. The van der Waals surface area contributed by atoms with Gasteiger partial charge in [-0.1, -0.05) is 6.42 Å². The molecule has 29 heavy (non-hydrogen) atoms. The Hall–Kier alpha value is -1.38. The zero-order chi connectivity index (χ0) is 20.4. The Morgan fingerprint density at radius 2 is 2.03 bits per heavy atom. The van der Waals surface area contributed by atoms with Gasteiger partial charge >= 0.3 is 0 Å². The van der Waals surface area contributed by atoms with Crippen molar-refractivity contribution in [1.29, 1.82) is 0 Å². The number of likely N-dealkylation sites (tertiary alicyclic amines) is 1. The summed E-state index contributed by atoms with van der Waals surface area (Å²) < 4.78 is 0. The quantitative estimate of drug-likeness (QED) is 0.700. The number of hydrogen-bond donors (Lipinski definition) is 2. The van der Waals surface area contributed by atoms with Crippen LogP contribution < -0.4 is 10.9 Å². The van der Waals surface area contributed by atoms with Gasteiger partial charge in [0.25, 0.3) is 5.56 Å². The van der Waals surface area contributed by atoms with Crippen molar-refractivity contribution < 1.29 is 4.79 Å². The molecule has 158 valence electrons. The predicted molar refractivity (Wildman–Crippen MR) is 121 cm³/mol. The summed E-state index contributed by atoms with van der Waals surface area (Å²) in [5.41, 5.74) is 1.16. The number of aromatic amines is 1. The third-order valence-electron chi connectivity index (χ3n) is 6.03. The monoisotopic (exact) mass is 434 g/mol. The van der Waals surface area contributed by atoms with Crippen molar-refractivity contribution in [1.82, 2.24) is 20.2 Å². The maximum Gasteiger partial charge on any atom is 0.259 e. The number of piperidine rings is 1. The van der Waals surface area contributed by atoms with Gasteiger partial charge in [0.1, 0.15) is 10.7 Å². The van der Waals surface area contributed by atoms with E-state index in [0.717, 1.165) is 42.6 Å². The van der Waals surface area contributed by atoms with Crippen LogP contribution in [-0.2, 0) is 23.4 Å². The molecule has 2 aliphatic rings. The molecule has 2 N–H and O–H groups in total. The van der Waals surface area contributed by atoms with Crippen LogP contribution in [0, 0.1) is 0 Å². The highest BCUT2D eigenvalue weighted by Gasteiger charge is 2.28. The Morgan fingerprint density at radius 1 is 1.24 bits per heavy atom. The van der Waals surface area contributed by atoms with Crippen molar-refractivity contribution in [3.05, 3.63) is 26.6 Å². The molecule has 3 heterocycles. The summed E-state index contributed by atoms with van der Waals surface area (Å²) in [5, 5.41) is 3.87. The van der Waals surface area contributed by atoms with Gasteiger partial charge in [0.2, 0.25) is 5.91 Å². The average Bonchev–Trinajstić information content (AvgIpc) is 3.28. The standard InChI is InChI=1S/C21H30N4O2S2/c1-21(2,25-9-4-3-5-10-25)13-22-17(26)12-28-11-16-23-19(27)18-14-7-6-8-15(14)29-20(18)24-16/h3-13H2,1-2H3,(H,22,26)(H,23,24,27). The van der Waals surface area contributed by atoms with Crippen molar-refractivity contribution in [3.63, 3.8) is 0 Å². The highest BCUT2D eigenvalue weighted by atomic mass is 32.2. The number of thiophene rings is 1. The lowest BCUT2D eigenvalue weighted by molar-refractivity contribution is -0.119. The number of aryl methyl sites for hydroxylation is 2. The smallest absolute Gasteiger partial charge is 0.259 e. The van der Waals surface area contributed by atoms with Crippen LogP contribution in [0.5, 0.6) is 0 Å². The average molecular weight is 435 g/mol. The lowest BCUT2D eigenvalue weighted by atomic mass is 9.98. The maximum atomic E-state index is 12.5. The molecule has 2 aromatic rings. The van der Waals surface area contributed by atoms with Crippen LogP contribution in [0.3, 0.4) is 0 Å². The molecule has 2 aromatic heterocycles. The van der Waals surface area contributed by atoms with Gasteiger partial charge in [-0.3, -0.25) is 14.5 Å². The minimum atomic E-state index is -0.0299. The van der Waals surface area contributed by atoms with Crippen molar-refractivity contribution in [2.24, 2.45) is 0 Å². The number of fused-ring (bicyclic) bond motifs is 3. The zero-order valence-corrected chi connectivity index (χ0v) is 18.9. The molecule has 0 spiro atoms. The number of carbonyl (C=O) groups excluding carboxylic acids is 1. The number of aromatic nitrogens is 2. The van der Waals surface area contributed by atoms with E-state index in [-0.39, 0.29) is 17.0 Å². The van der Waals surface area contributed by atoms with Gasteiger partial charge < -0.3 is 10.3 Å². The number of carbonyl (C=O) groups is 1. The second-order valence-electron chi connectivity index (χ2n) is 8.68. The highest BCUT2D eigenvalue weighted by molar-refractivity contribution is 7.99. The van der Waals surface area contributed by atoms with E-state index >= 15 is 0 Å². The number of thioether (sulfide) groups is 1. The number of nitrogens with one attached hydrogen (secondary N) is 2. The summed E-state index contributed by atoms with van der Waals surface area (Å²) in [4.78, 5) is 37.0. The van der Waals surface area contributed by atoms with E-state index in [0.29, 0.717) is 23.9 Å². The second kappa shape index (κ2) is 8.78. The SMILES string of the molecule is CC(C)(CNC(=O)CSCc1nc2sc3c(c2c(=O)[nH]1)CCC3)N1CCCCC1. The van der Waals surface area contributed by atoms with Gasteiger partial charge in [-0.15, -0.1) is 23.1 Å². The van der Waals surface area contributed by atoms with E-state index in [9.17, 15) is 9.59 Å². The first-order valence-corrected chi connectivity index (χ1v) is 12.5. The number of amides is 1. The van der Waals surface area contributed by atoms with Gasteiger partial charge in [-0.2, -0.15) is 0 Å². The van der Waals surface area contributed by atoms with Gasteiger partial charge in [0, 0.05) is 17.0 Å². The zero-order valence-electron chi connectivity index (χ0n) is 17.3. The fourth-order valence-corrected chi connectivity index (χ4v) is 6.33. The Bertz CT molecular complexity index is 944. The summed E-state index contributed by atoms with van der Waals surface area (Å²) in [5.74, 6) is 1.61. The normalized spacial score (nSPS) is 17.6. The van der Waals surface area contributed by atoms with E-state index in [2.05, 4.69) is 34.0 Å². The first-order valence-electron chi connectivity index (χ1n) is 10.6. The fraction of sp³-hybridized carbons (Fsp3) is 0.667. The summed E-state index contributed by atoms with van der Waals surface area (Å²) in [6, 6.07) is 0. The maximum absolute atomic E-state index is 12.5. The molecule has 0 radical (unpaired) electrons. The van der Waals surface area contributed by atoms with Gasteiger partial charge in [0.15, 0.2) is 0 Å². The molecule has 0 saturated carbocycles. The second-order valence-corrected chi connectivity index (χ2v) is 10.7. The van der Waals surface area contributed by atoms with E-state index in [4.69, 9.17) is 0 Å². The van der Waals surface area contributed by atoms with E-state index in [1.807, 2.05) is 0 Å². The third kappa shape index (κ3) is 4.70. The van der Waals surface area contributed by atoms with Crippen LogP contribution in [0.15, 0.2) is 4.79 Å². The Kier molecular flexibility index (Phi) is 6.32. The van der Waals surface area contributed by atoms with E-state index in [1.54, 1.807) is 11.3 Å². The first-order chi connectivity index (χ1) is 13.9. The third-order valence-corrected chi connectivity index (χ3v) is 8.16. The van der Waals surface area contributed by atoms with Gasteiger partial charge in [-0.05, 0) is 64.6 Å². The van der Waals surface area contributed by atoms with Crippen LogP contribution >= 0.6 is 23.1 Å². The lowest BCUT2D eigenvalue weighted by Gasteiger charge is -2.41. The van der Waals surface area contributed by atoms with Crippen molar-refractivity contribution in [3.8, 4) is 0 Å². The molecular formula is C21H30N4O2S2. The number of rotatable bonds is 7. The van der Waals surface area contributed by atoms with Crippen molar-refractivity contribution in [2.75, 3.05) is 25.4 Å². The first kappa shape index (κ1) is 20.9. The van der Waals surface area contributed by atoms with Crippen LogP contribution in [-0.4, -0.2) is 51.7 Å². The van der Waals surface area contributed by atoms with E-state index in [1.165, 1.54) is 41.5 Å². The van der Waals surface area contributed by atoms with Crippen molar-refractivity contribution >= 4 is 39.2 Å². The topological polar surface area (TPSA) is 78.1 Å². The van der Waals surface area contributed by atoms with Crippen molar-refractivity contribution in [2.45, 2.75) is 63.7 Å². The fourth-order valence-electron chi connectivity index (χ4n) is 4.33. The van der Waals surface area contributed by atoms with Gasteiger partial charge in [-0.25, -0.2) is 4.98 Å². The van der Waals surface area contributed by atoms with Gasteiger partial charge in [0.05, 0.1) is 16.9 Å². The Balaban J connectivity index is 1.27. The van der Waals surface area contributed by atoms with Crippen LogP contribution in [0.4, 0.5) is 0 Å². The van der Waals surface area contributed by atoms with Crippen LogP contribution in [0.25, 0.3) is 10.2 Å². The molecule has 8 heteroatoms. The summed E-state index contributed by atoms with van der Waals surface area (Å²) in [6.45, 7) is 7.30. The minimum absolute atomic E-state index is 0.0157. The molecule has 0 atom stereocenters. The predicted octanol–water partition coefficient (Wildman–Crippen LogP) is 3.09. The molecular weight excluding hydrogens is 404 g/mol. The molecule has 0 unspecified atom stereocenters. The molecule has 4 rings (SSSR count). The molecule has 1 fully saturated rings. The minimum Gasteiger partial charge on any atom is -0.354 e. The molecule has 1 aliphatic carbocycles. The summed E-state index contributed by atoms with van der Waals surface area (Å²) in [7, 11) is 0. The van der Waals surface area contributed by atoms with Crippen LogP contribution in [0.2, 0.25) is 0 Å². The highest BCUT2D eigenvalue weighted by Crippen LogP contribution is 2.34. The molecule has 1 aliphatic heterocycles. The molecule has 1 amide bonds. The lowest BCUT2D eigenvalue weighted by Crippen LogP contribution is -2.53. The Morgan fingerprint density at radius 3 is 2.83 bits per heavy atom. The summed E-state index contributed by atoms with van der Waals surface area (Å²) in [6.07, 6.45) is 6.99. The van der Waals surface area contributed by atoms with Crippen LogP contribution in [0.1, 0.15) is 55.8 Å². The number of hydrogen-bond acceptors (Lipinski definition) is 6. The molecule has 0 bridgehead atoms. The molecule has 6 nitrogen and oxygen atoms in total. The Labute approximate surface area is 179 Å². The largest absolute Gasteiger partial charge is 0.354 e. The molecule has 0 aromatic carbocycles.